The number of halogens is 3. The van der Waals surface area contributed by atoms with Gasteiger partial charge in [0.05, 0.1) is 5.88 Å². The highest BCUT2D eigenvalue weighted by molar-refractivity contribution is 6.17. The van der Waals surface area contributed by atoms with E-state index in [9.17, 15) is 8.78 Å². The predicted octanol–water partition coefficient (Wildman–Crippen LogP) is 3.59. The Morgan fingerprint density at radius 2 is 2.00 bits per heavy atom. The van der Waals surface area contributed by atoms with Gasteiger partial charge in [-0.25, -0.2) is 0 Å². The number of hydrogen-bond donors (Lipinski definition) is 0. The molecule has 78 valence electrons. The molecule has 0 fully saturated rings. The molecule has 1 rings (SSSR count). The first-order chi connectivity index (χ1) is 6.69. The van der Waals surface area contributed by atoms with Crippen LogP contribution in [0.4, 0.5) is 8.78 Å². The first-order valence-corrected chi connectivity index (χ1v) is 4.84. The van der Waals surface area contributed by atoms with Crippen LogP contribution in [0.3, 0.4) is 0 Å². The smallest absolute Gasteiger partial charge is 0.387 e. The van der Waals surface area contributed by atoms with Gasteiger partial charge in [-0.05, 0) is 12.0 Å². The van der Waals surface area contributed by atoms with E-state index in [0.717, 1.165) is 5.56 Å². The van der Waals surface area contributed by atoms with Crippen LogP contribution in [0, 0.1) is 0 Å². The maximum absolute atomic E-state index is 12.1. The summed E-state index contributed by atoms with van der Waals surface area (Å²) in [6.45, 7) is -0.921. The average Bonchev–Trinajstić information content (AvgIpc) is 2.17. The first-order valence-electron chi connectivity index (χ1n) is 4.30. The van der Waals surface area contributed by atoms with Crippen molar-refractivity contribution in [2.45, 2.75) is 25.8 Å². The van der Waals surface area contributed by atoms with E-state index in [1.165, 1.54) is 0 Å². The van der Waals surface area contributed by atoms with E-state index in [1.54, 1.807) is 18.2 Å². The van der Waals surface area contributed by atoms with Gasteiger partial charge in [0.2, 0.25) is 0 Å². The molecule has 1 nitrogen and oxygen atoms in total. The Morgan fingerprint density at radius 3 is 2.50 bits per heavy atom. The van der Waals surface area contributed by atoms with Crippen LogP contribution in [-0.4, -0.2) is 6.61 Å². The fourth-order valence-electron chi connectivity index (χ4n) is 1.26. The lowest BCUT2D eigenvalue weighted by atomic mass is 10.1. The number of rotatable bonds is 4. The van der Waals surface area contributed by atoms with Crippen molar-refractivity contribution >= 4 is 11.6 Å². The highest BCUT2D eigenvalue weighted by atomic mass is 35.5. The van der Waals surface area contributed by atoms with Gasteiger partial charge in [-0.1, -0.05) is 25.1 Å². The van der Waals surface area contributed by atoms with Crippen LogP contribution in [0.1, 0.15) is 18.1 Å². The number of alkyl halides is 3. The van der Waals surface area contributed by atoms with Gasteiger partial charge in [-0.15, -0.1) is 11.6 Å². The van der Waals surface area contributed by atoms with Crippen LogP contribution >= 0.6 is 11.6 Å². The zero-order chi connectivity index (χ0) is 10.6. The van der Waals surface area contributed by atoms with Gasteiger partial charge in [0.1, 0.15) is 5.75 Å². The predicted molar refractivity (Wildman–Crippen MR) is 52.0 cm³/mol. The topological polar surface area (TPSA) is 9.23 Å². The highest BCUT2D eigenvalue weighted by Crippen LogP contribution is 2.27. The van der Waals surface area contributed by atoms with E-state index >= 15 is 0 Å². The van der Waals surface area contributed by atoms with Crippen LogP contribution in [0.2, 0.25) is 0 Å². The van der Waals surface area contributed by atoms with Gasteiger partial charge < -0.3 is 4.74 Å². The van der Waals surface area contributed by atoms with Crippen LogP contribution in [0.25, 0.3) is 0 Å². The molecule has 0 amide bonds. The lowest BCUT2D eigenvalue weighted by Gasteiger charge is -2.12. The molecule has 0 unspecified atom stereocenters. The van der Waals surface area contributed by atoms with E-state index in [2.05, 4.69) is 4.74 Å². The summed E-state index contributed by atoms with van der Waals surface area (Å²) in [5, 5.41) is 0. The fourth-order valence-corrected chi connectivity index (χ4v) is 1.47. The second kappa shape index (κ2) is 5.15. The molecule has 0 aliphatic carbocycles. The monoisotopic (exact) mass is 220 g/mol. The summed E-state index contributed by atoms with van der Waals surface area (Å²) in [7, 11) is 0. The number of aryl methyl sites for hydroxylation is 1. The van der Waals surface area contributed by atoms with Crippen molar-refractivity contribution in [3.8, 4) is 5.75 Å². The fraction of sp³-hybridized carbons (Fsp3) is 0.400. The van der Waals surface area contributed by atoms with Crippen LogP contribution in [-0.2, 0) is 12.3 Å². The molecule has 0 spiro atoms. The van der Waals surface area contributed by atoms with Crippen molar-refractivity contribution < 1.29 is 13.5 Å². The average molecular weight is 221 g/mol. The summed E-state index contributed by atoms with van der Waals surface area (Å²) in [6.07, 6.45) is 0.646. The third-order valence-corrected chi connectivity index (χ3v) is 2.20. The Hall–Kier alpha value is -0.830. The van der Waals surface area contributed by atoms with Gasteiger partial charge in [0.15, 0.2) is 0 Å². The van der Waals surface area contributed by atoms with Crippen molar-refractivity contribution in [3.63, 3.8) is 0 Å². The largest absolute Gasteiger partial charge is 0.434 e. The summed E-state index contributed by atoms with van der Waals surface area (Å²) in [4.78, 5) is 0. The lowest BCUT2D eigenvalue weighted by molar-refractivity contribution is -0.0509. The van der Waals surface area contributed by atoms with Gasteiger partial charge in [-0.3, -0.25) is 0 Å². The zero-order valence-electron chi connectivity index (χ0n) is 7.77. The van der Waals surface area contributed by atoms with E-state index in [0.29, 0.717) is 12.0 Å². The minimum atomic E-state index is -2.80. The lowest BCUT2D eigenvalue weighted by Crippen LogP contribution is -2.06. The molecular formula is C10H11ClF2O. The Kier molecular flexibility index (Phi) is 4.14. The molecule has 0 N–H and O–H groups in total. The van der Waals surface area contributed by atoms with Crippen molar-refractivity contribution in [3.05, 3.63) is 29.3 Å². The molecule has 0 atom stereocenters. The second-order valence-corrected chi connectivity index (χ2v) is 3.04. The molecule has 0 bridgehead atoms. The molecule has 1 aromatic carbocycles. The molecular weight excluding hydrogens is 210 g/mol. The Balaban J connectivity index is 3.05. The quantitative estimate of drug-likeness (QED) is 0.705. The summed E-state index contributed by atoms with van der Waals surface area (Å²) in [5.41, 5.74) is 1.36. The standard InChI is InChI=1S/C10H11ClF2O/c1-2-7-4-3-5-8(6-11)9(7)14-10(12)13/h3-5,10H,2,6H2,1H3. The molecule has 4 heteroatoms. The van der Waals surface area contributed by atoms with Gasteiger partial charge in [-0.2, -0.15) is 8.78 Å². The SMILES string of the molecule is CCc1cccc(CCl)c1OC(F)F. The third-order valence-electron chi connectivity index (χ3n) is 1.91. The van der Waals surface area contributed by atoms with E-state index in [4.69, 9.17) is 11.6 Å². The number of ether oxygens (including phenoxy) is 1. The molecule has 0 saturated carbocycles. The highest BCUT2D eigenvalue weighted by Gasteiger charge is 2.12. The third kappa shape index (κ3) is 2.58. The van der Waals surface area contributed by atoms with E-state index < -0.39 is 6.61 Å². The van der Waals surface area contributed by atoms with Crippen molar-refractivity contribution in [2.24, 2.45) is 0 Å². The summed E-state index contributed by atoms with van der Waals surface area (Å²) < 4.78 is 28.6. The molecule has 14 heavy (non-hydrogen) atoms. The normalized spacial score (nSPS) is 10.6. The minimum absolute atomic E-state index is 0.176. The second-order valence-electron chi connectivity index (χ2n) is 2.77. The molecule has 0 aromatic heterocycles. The maximum atomic E-state index is 12.1. The Labute approximate surface area is 86.6 Å². The maximum Gasteiger partial charge on any atom is 0.387 e. The van der Waals surface area contributed by atoms with Gasteiger partial charge in [0, 0.05) is 5.56 Å². The number of hydrogen-bond acceptors (Lipinski definition) is 1. The zero-order valence-corrected chi connectivity index (χ0v) is 8.52. The van der Waals surface area contributed by atoms with Crippen LogP contribution < -0.4 is 4.74 Å². The minimum Gasteiger partial charge on any atom is -0.434 e. The number of benzene rings is 1. The molecule has 0 radical (unpaired) electrons. The molecule has 1 aromatic rings. The van der Waals surface area contributed by atoms with E-state index in [-0.39, 0.29) is 11.6 Å². The summed E-state index contributed by atoms with van der Waals surface area (Å²) in [6, 6.07) is 5.23. The number of para-hydroxylation sites is 1. The first kappa shape index (κ1) is 11.2. The summed E-state index contributed by atoms with van der Waals surface area (Å²) in [5.74, 6) is 0.399. The van der Waals surface area contributed by atoms with Crippen molar-refractivity contribution in [1.82, 2.24) is 0 Å². The van der Waals surface area contributed by atoms with Crippen LogP contribution in [0.5, 0.6) is 5.75 Å². The van der Waals surface area contributed by atoms with Crippen molar-refractivity contribution in [2.75, 3.05) is 0 Å². The summed E-state index contributed by atoms with van der Waals surface area (Å²) >= 11 is 5.62. The Morgan fingerprint density at radius 1 is 1.36 bits per heavy atom. The molecule has 0 heterocycles. The van der Waals surface area contributed by atoms with Crippen LogP contribution in [0.15, 0.2) is 18.2 Å². The molecule has 0 aliphatic heterocycles. The Bertz CT molecular complexity index is 280. The van der Waals surface area contributed by atoms with Crippen molar-refractivity contribution in [1.29, 1.82) is 0 Å². The van der Waals surface area contributed by atoms with Gasteiger partial charge in [0.25, 0.3) is 0 Å². The molecule has 0 saturated heterocycles. The van der Waals surface area contributed by atoms with E-state index in [1.807, 2.05) is 6.92 Å². The van der Waals surface area contributed by atoms with Gasteiger partial charge >= 0.3 is 6.61 Å². The molecule has 0 aliphatic rings.